The van der Waals surface area contributed by atoms with Crippen LogP contribution >= 0.6 is 43.1 Å². The fourth-order valence-electron chi connectivity index (χ4n) is 6.50. The zero-order chi connectivity index (χ0) is 53.3. The van der Waals surface area contributed by atoms with Crippen LogP contribution in [0.15, 0.2) is 18.9 Å². The van der Waals surface area contributed by atoms with E-state index < -0.39 is 105 Å². The van der Waals surface area contributed by atoms with Crippen LogP contribution < -0.4 is 21.7 Å². The highest BCUT2D eigenvalue weighted by Gasteiger charge is 2.50. The number of anilines is 1. The molecule has 9 atom stereocenters. The summed E-state index contributed by atoms with van der Waals surface area (Å²) in [4.78, 5) is 112. The maximum absolute atomic E-state index is 13.3. The van der Waals surface area contributed by atoms with E-state index in [1.807, 2.05) is 13.8 Å². The van der Waals surface area contributed by atoms with E-state index >= 15 is 0 Å². The molecule has 3 aromatic rings. The fraction of sp³-hybridized carbons (Fsp3) is 0.629. The van der Waals surface area contributed by atoms with E-state index in [2.05, 4.69) is 49.2 Å². The number of nitrogens with two attached hydrogens (primary N) is 1. The van der Waals surface area contributed by atoms with Crippen LogP contribution in [-0.4, -0.2) is 149 Å². The molecule has 0 aliphatic carbocycles. The second-order valence-corrected chi connectivity index (χ2v) is 23.0. The first-order valence-corrected chi connectivity index (χ1v) is 28.0. The molecule has 2 amide bonds. The number of aryl methyl sites for hydroxylation is 1. The number of hydrogen-bond acceptors (Lipinski definition) is 23. The number of phosphoric acid groups is 4. The molecule has 31 nitrogen and oxygen atoms in total. The summed E-state index contributed by atoms with van der Waals surface area (Å²) in [5, 5.41) is 40.0. The minimum absolute atomic E-state index is 0.0102. The van der Waals surface area contributed by atoms with Crippen molar-refractivity contribution in [3.05, 3.63) is 35.7 Å². The van der Waals surface area contributed by atoms with E-state index in [4.69, 9.17) is 29.3 Å². The monoisotopic (exact) mass is 1110 g/mol. The Morgan fingerprint density at radius 1 is 0.972 bits per heavy atom. The van der Waals surface area contributed by atoms with Gasteiger partial charge in [0.1, 0.15) is 42.0 Å². The molecule has 4 rings (SSSR count). The lowest BCUT2D eigenvalue weighted by Crippen LogP contribution is -2.46. The predicted octanol–water partition coefficient (Wildman–Crippen LogP) is -0.112. The molecule has 1 aliphatic rings. The Hall–Kier alpha value is -3.42. The molecule has 0 bridgehead atoms. The summed E-state index contributed by atoms with van der Waals surface area (Å²) in [6.07, 6.45) is -5.36. The van der Waals surface area contributed by atoms with Crippen LogP contribution in [0.3, 0.4) is 0 Å². The molecule has 0 spiro atoms. The minimum atomic E-state index is -5.63. The first-order valence-electron chi connectivity index (χ1n) is 21.0. The van der Waals surface area contributed by atoms with Crippen molar-refractivity contribution in [2.24, 2.45) is 11.3 Å². The van der Waals surface area contributed by atoms with Crippen molar-refractivity contribution in [1.82, 2.24) is 40.5 Å². The summed E-state index contributed by atoms with van der Waals surface area (Å²) < 4.78 is 78.3. The smallest absolute Gasteiger partial charge is 0.481 e. The Balaban J connectivity index is 1.21. The maximum Gasteiger partial charge on any atom is 0.481 e. The number of ether oxygens (including phenoxy) is 1. The lowest BCUT2D eigenvalue weighted by Gasteiger charge is -2.30. The third kappa shape index (κ3) is 17.9. The lowest BCUT2D eigenvalue weighted by molar-refractivity contribution is -0.137. The van der Waals surface area contributed by atoms with Crippen molar-refractivity contribution in [3.8, 4) is 5.75 Å². The van der Waals surface area contributed by atoms with Gasteiger partial charge in [-0.2, -0.15) is 4.31 Å². The molecule has 1 fully saturated rings. The number of hydrogen-bond donors (Lipinski definition) is 13. The third-order valence-electron chi connectivity index (χ3n) is 10.5. The van der Waals surface area contributed by atoms with E-state index in [1.165, 1.54) is 27.0 Å². The molecule has 0 radical (unpaired) electrons. The second-order valence-electron chi connectivity index (χ2n) is 16.4. The van der Waals surface area contributed by atoms with Gasteiger partial charge in [0.2, 0.25) is 16.9 Å². The first kappa shape index (κ1) is 60.1. The zero-order valence-corrected chi connectivity index (χ0v) is 42.9. The summed E-state index contributed by atoms with van der Waals surface area (Å²) in [5.74, 6) is -1.93. The highest BCUT2D eigenvalue weighted by Crippen LogP contribution is 2.61. The number of nitrogens with zero attached hydrogens (tertiary/aromatic N) is 5. The number of amides is 2. The number of aliphatic hydroxyl groups excluding tert-OH is 2. The molecule has 9 unspecified atom stereocenters. The van der Waals surface area contributed by atoms with Gasteiger partial charge in [0.05, 0.1) is 37.9 Å². The topological polar surface area (TPSA) is 476 Å². The van der Waals surface area contributed by atoms with Crippen molar-refractivity contribution < 1.29 is 104 Å². The molecule has 14 N–H and O–H groups in total. The number of carbonyl (C=O) groups is 3. The van der Waals surface area contributed by atoms with Gasteiger partial charge in [-0.3, -0.25) is 42.0 Å². The molecular weight excluding hydrogens is 1050 g/mol. The third-order valence-corrected chi connectivity index (χ3v) is 15.0. The van der Waals surface area contributed by atoms with Crippen molar-refractivity contribution in [1.29, 1.82) is 0 Å². The van der Waals surface area contributed by atoms with Gasteiger partial charge in [-0.1, -0.05) is 45.9 Å². The van der Waals surface area contributed by atoms with Crippen LogP contribution in [0.1, 0.15) is 63.6 Å². The number of aromatic nitrogens is 5. The average molecular weight is 1110 g/mol. The highest BCUT2D eigenvalue weighted by molar-refractivity contribution is 8.13. The molecule has 0 aromatic carbocycles. The van der Waals surface area contributed by atoms with Gasteiger partial charge in [-0.05, 0) is 12.8 Å². The summed E-state index contributed by atoms with van der Waals surface area (Å²) in [6.45, 7) is 4.67. The average Bonchev–Trinajstić information content (AvgIpc) is 3.83. The van der Waals surface area contributed by atoms with Gasteiger partial charge in [0, 0.05) is 54.5 Å². The van der Waals surface area contributed by atoms with Gasteiger partial charge in [0.15, 0.2) is 17.7 Å². The molecule has 1 saturated heterocycles. The van der Waals surface area contributed by atoms with E-state index in [1.54, 1.807) is 0 Å². The molecular formula is C35H57N9O22P4S. The van der Waals surface area contributed by atoms with Crippen LogP contribution in [0.5, 0.6) is 5.75 Å². The summed E-state index contributed by atoms with van der Waals surface area (Å²) in [5.41, 5.74) is 4.84. The number of imidazole rings is 1. The van der Waals surface area contributed by atoms with Crippen LogP contribution in [0.25, 0.3) is 11.2 Å². The van der Waals surface area contributed by atoms with Crippen LogP contribution in [0.2, 0.25) is 0 Å². The minimum Gasteiger partial charge on any atom is -0.506 e. The Morgan fingerprint density at radius 3 is 2.30 bits per heavy atom. The molecule has 36 heteroatoms. The number of rotatable bonds is 28. The Kier molecular flexibility index (Phi) is 21.4. The Labute approximate surface area is 408 Å². The van der Waals surface area contributed by atoms with E-state index in [-0.39, 0.29) is 82.4 Å². The molecule has 4 heterocycles. The predicted molar refractivity (Wildman–Crippen MR) is 245 cm³/mol. The van der Waals surface area contributed by atoms with E-state index in [9.17, 15) is 67.5 Å². The van der Waals surface area contributed by atoms with Crippen LogP contribution in [-0.2, 0) is 72.9 Å². The number of nitrogens with one attached hydrogen (secondary N) is 3. The number of thioether (sulfide) groups is 1. The van der Waals surface area contributed by atoms with Gasteiger partial charge < -0.3 is 71.1 Å². The molecule has 1 aliphatic heterocycles. The molecule has 71 heavy (non-hydrogen) atoms. The highest BCUT2D eigenvalue weighted by atomic mass is 32.2. The number of fused-ring (bicyclic) bond motifs is 1. The maximum atomic E-state index is 13.3. The van der Waals surface area contributed by atoms with E-state index in [0.717, 1.165) is 29.0 Å². The van der Waals surface area contributed by atoms with Crippen molar-refractivity contribution in [3.63, 3.8) is 0 Å². The van der Waals surface area contributed by atoms with Crippen molar-refractivity contribution in [2.75, 3.05) is 37.8 Å². The Bertz CT molecular complexity index is 2550. The van der Waals surface area contributed by atoms with Gasteiger partial charge >= 0.3 is 31.3 Å². The fourth-order valence-corrected chi connectivity index (χ4v) is 10.5. The van der Waals surface area contributed by atoms with E-state index in [0.29, 0.717) is 6.42 Å². The van der Waals surface area contributed by atoms with Gasteiger partial charge in [-0.25, -0.2) is 33.2 Å². The SMILES string of the molecule is CCC(C)C(NCc1c(COP(=O)(O)O)cnc(C)c1O)C(=O)SCCNC(=O)CCNC(=O)C(O)C(C)(C)COP(=O)(O)OP(=O)(O)OCC1OC(n2cnc3c(N)ncnc32)C(O)C1OP(=O)(O)O. The normalized spacial score (nSPS) is 20.7. The second kappa shape index (κ2) is 25.2. The van der Waals surface area contributed by atoms with Crippen LogP contribution in [0, 0.1) is 18.3 Å². The number of pyridine rings is 1. The number of aliphatic hydroxyl groups is 2. The largest absolute Gasteiger partial charge is 0.506 e. The molecule has 3 aromatic heterocycles. The molecule has 0 saturated carbocycles. The van der Waals surface area contributed by atoms with Gasteiger partial charge in [0.25, 0.3) is 0 Å². The first-order chi connectivity index (χ1) is 32.8. The zero-order valence-electron chi connectivity index (χ0n) is 38.5. The summed E-state index contributed by atoms with van der Waals surface area (Å²) in [7, 11) is -21.4. The standard InChI is InChI=1S/C35H57N9O22P4S/c1-6-18(2)24(40-12-21-20(13-61-67(51,52)53)11-39-19(3)26(21)46)34(50)71-10-9-37-23(45)7-8-38-32(49)29(48)35(4,5)15-63-70(59,60)66-69(57,58)62-14-22-28(65-68(54,55)56)27(47)33(64-22)44-17-43-25-30(36)41-16-42-31(25)44/h11,16-18,22,24,27-29,33,40,46-48H,6-10,12-15H2,1-5H3,(H,37,45)(H,38,49)(H,57,58)(H,59,60)(H2,36,41,42)(H2,51,52,53)(H2,54,55,56). The lowest BCUT2D eigenvalue weighted by atomic mass is 9.87. The summed E-state index contributed by atoms with van der Waals surface area (Å²) >= 11 is 0.917. The summed E-state index contributed by atoms with van der Waals surface area (Å²) in [6, 6.07) is -0.735. The number of aromatic hydroxyl groups is 1. The van der Waals surface area contributed by atoms with Gasteiger partial charge in [-0.15, -0.1) is 0 Å². The van der Waals surface area contributed by atoms with Crippen LogP contribution in [0.4, 0.5) is 5.82 Å². The number of carbonyl (C=O) groups excluding carboxylic acids is 3. The number of phosphoric ester groups is 4. The number of nitrogen functional groups attached to an aromatic ring is 1. The quantitative estimate of drug-likeness (QED) is 0.0333. The van der Waals surface area contributed by atoms with Crippen molar-refractivity contribution in [2.45, 2.75) is 97.3 Å². The molecule has 400 valence electrons. The van der Waals surface area contributed by atoms with Crippen molar-refractivity contribution >= 4 is 77.0 Å². The Morgan fingerprint density at radius 2 is 1.65 bits per heavy atom.